The van der Waals surface area contributed by atoms with Crippen molar-refractivity contribution >= 4 is 23.2 Å². The molecular weight excluding hydrogens is 224 g/mol. The normalized spacial score (nSPS) is 16.3. The molecule has 1 saturated heterocycles. The predicted octanol–water partition coefficient (Wildman–Crippen LogP) is 2.37. The van der Waals surface area contributed by atoms with Crippen LogP contribution in [0.2, 0.25) is 5.02 Å². The molecule has 0 bridgehead atoms. The van der Waals surface area contributed by atoms with E-state index in [1.54, 1.807) is 12.1 Å². The molecule has 16 heavy (non-hydrogen) atoms. The molecule has 1 fully saturated rings. The van der Waals surface area contributed by atoms with Gasteiger partial charge in [-0.05, 0) is 50.2 Å². The molecule has 0 aromatic heterocycles. The lowest BCUT2D eigenvalue weighted by Gasteiger charge is -2.13. The summed E-state index contributed by atoms with van der Waals surface area (Å²) in [5.74, 6) is 0.0456. The van der Waals surface area contributed by atoms with Crippen molar-refractivity contribution in [3.05, 3.63) is 29.3 Å². The van der Waals surface area contributed by atoms with Gasteiger partial charge in [0.1, 0.15) is 0 Å². The van der Waals surface area contributed by atoms with Crippen molar-refractivity contribution in [2.45, 2.75) is 12.8 Å². The second-order valence-electron chi connectivity index (χ2n) is 4.04. The van der Waals surface area contributed by atoms with Crippen LogP contribution in [-0.2, 0) is 4.79 Å². The minimum atomic E-state index is 0.0456. The van der Waals surface area contributed by atoms with Gasteiger partial charge in [-0.1, -0.05) is 11.6 Å². The monoisotopic (exact) mass is 238 g/mol. The van der Waals surface area contributed by atoms with Crippen LogP contribution < -0.4 is 5.32 Å². The zero-order valence-corrected chi connectivity index (χ0v) is 9.83. The highest BCUT2D eigenvalue weighted by Crippen LogP contribution is 2.13. The Morgan fingerprint density at radius 1 is 1.25 bits per heavy atom. The van der Waals surface area contributed by atoms with Crippen molar-refractivity contribution in [3.8, 4) is 0 Å². The van der Waals surface area contributed by atoms with Crippen molar-refractivity contribution in [1.82, 2.24) is 4.90 Å². The number of nitrogens with one attached hydrogen (secondary N) is 1. The highest BCUT2D eigenvalue weighted by Gasteiger charge is 2.14. The molecule has 0 aliphatic carbocycles. The fourth-order valence-electron chi connectivity index (χ4n) is 1.88. The van der Waals surface area contributed by atoms with E-state index in [1.165, 1.54) is 12.8 Å². The van der Waals surface area contributed by atoms with Gasteiger partial charge in [0.05, 0.1) is 6.54 Å². The Morgan fingerprint density at radius 2 is 1.88 bits per heavy atom. The molecule has 4 heteroatoms. The summed E-state index contributed by atoms with van der Waals surface area (Å²) in [4.78, 5) is 13.8. The molecule has 2 rings (SSSR count). The molecule has 1 aromatic carbocycles. The van der Waals surface area contributed by atoms with E-state index in [2.05, 4.69) is 10.2 Å². The lowest BCUT2D eigenvalue weighted by atomic mass is 10.3. The largest absolute Gasteiger partial charge is 0.325 e. The summed E-state index contributed by atoms with van der Waals surface area (Å²) in [6.45, 7) is 2.56. The van der Waals surface area contributed by atoms with Crippen LogP contribution in [0.1, 0.15) is 12.8 Å². The smallest absolute Gasteiger partial charge is 0.238 e. The third kappa shape index (κ3) is 3.22. The molecule has 0 saturated carbocycles. The van der Waals surface area contributed by atoms with E-state index in [4.69, 9.17) is 11.6 Å². The van der Waals surface area contributed by atoms with E-state index in [0.29, 0.717) is 11.6 Å². The summed E-state index contributed by atoms with van der Waals surface area (Å²) in [7, 11) is 0. The molecule has 3 nitrogen and oxygen atoms in total. The highest BCUT2D eigenvalue weighted by molar-refractivity contribution is 6.30. The minimum absolute atomic E-state index is 0.0456. The standard InChI is InChI=1S/C12H15ClN2O/c13-10-3-5-11(6-4-10)14-12(16)9-15-7-1-2-8-15/h3-6H,1-2,7-9H2,(H,14,16). The van der Waals surface area contributed by atoms with E-state index in [-0.39, 0.29) is 5.91 Å². The molecule has 1 amide bonds. The zero-order chi connectivity index (χ0) is 11.4. The molecule has 1 N–H and O–H groups in total. The van der Waals surface area contributed by atoms with Crippen molar-refractivity contribution in [1.29, 1.82) is 0 Å². The van der Waals surface area contributed by atoms with Gasteiger partial charge < -0.3 is 5.32 Å². The van der Waals surface area contributed by atoms with Crippen LogP contribution in [0, 0.1) is 0 Å². The minimum Gasteiger partial charge on any atom is -0.325 e. The zero-order valence-electron chi connectivity index (χ0n) is 9.08. The number of hydrogen-bond acceptors (Lipinski definition) is 2. The summed E-state index contributed by atoms with van der Waals surface area (Å²) in [5, 5.41) is 3.54. The Kier molecular flexibility index (Phi) is 3.80. The van der Waals surface area contributed by atoms with Crippen LogP contribution in [0.3, 0.4) is 0 Å². The maximum absolute atomic E-state index is 11.7. The Bertz CT molecular complexity index is 358. The van der Waals surface area contributed by atoms with Gasteiger partial charge in [0.25, 0.3) is 0 Å². The molecule has 0 spiro atoms. The average Bonchev–Trinajstić information content (AvgIpc) is 2.74. The quantitative estimate of drug-likeness (QED) is 0.877. The van der Waals surface area contributed by atoms with Crippen LogP contribution in [0.5, 0.6) is 0 Å². The number of hydrogen-bond donors (Lipinski definition) is 1. The van der Waals surface area contributed by atoms with Gasteiger partial charge in [0, 0.05) is 10.7 Å². The summed E-state index contributed by atoms with van der Waals surface area (Å²) in [5.41, 5.74) is 0.800. The van der Waals surface area contributed by atoms with Gasteiger partial charge in [-0.2, -0.15) is 0 Å². The number of amides is 1. The van der Waals surface area contributed by atoms with Crippen LogP contribution in [0.4, 0.5) is 5.69 Å². The number of benzene rings is 1. The van der Waals surface area contributed by atoms with E-state index < -0.39 is 0 Å². The molecule has 0 radical (unpaired) electrons. The Balaban J connectivity index is 1.84. The van der Waals surface area contributed by atoms with E-state index >= 15 is 0 Å². The van der Waals surface area contributed by atoms with Crippen molar-refractivity contribution in [2.75, 3.05) is 25.0 Å². The van der Waals surface area contributed by atoms with E-state index in [0.717, 1.165) is 18.8 Å². The van der Waals surface area contributed by atoms with Crippen LogP contribution in [-0.4, -0.2) is 30.4 Å². The van der Waals surface area contributed by atoms with Gasteiger partial charge >= 0.3 is 0 Å². The van der Waals surface area contributed by atoms with Gasteiger partial charge in [-0.25, -0.2) is 0 Å². The van der Waals surface area contributed by atoms with Crippen LogP contribution >= 0.6 is 11.6 Å². The molecule has 1 aromatic rings. The molecule has 1 heterocycles. The number of carbonyl (C=O) groups excluding carboxylic acids is 1. The number of rotatable bonds is 3. The molecule has 1 aliphatic heterocycles. The number of likely N-dealkylation sites (tertiary alicyclic amines) is 1. The molecule has 0 unspecified atom stereocenters. The first-order valence-electron chi connectivity index (χ1n) is 5.52. The fraction of sp³-hybridized carbons (Fsp3) is 0.417. The summed E-state index contributed by atoms with van der Waals surface area (Å²) >= 11 is 5.76. The number of carbonyl (C=O) groups is 1. The second-order valence-corrected chi connectivity index (χ2v) is 4.47. The highest BCUT2D eigenvalue weighted by atomic mass is 35.5. The van der Waals surface area contributed by atoms with Gasteiger partial charge in [-0.15, -0.1) is 0 Å². The number of halogens is 1. The SMILES string of the molecule is O=C(CN1CCCC1)Nc1ccc(Cl)cc1. The van der Waals surface area contributed by atoms with Crippen LogP contribution in [0.15, 0.2) is 24.3 Å². The van der Waals surface area contributed by atoms with Gasteiger partial charge in [-0.3, -0.25) is 9.69 Å². The van der Waals surface area contributed by atoms with Gasteiger partial charge in [0.15, 0.2) is 0 Å². The molecule has 1 aliphatic rings. The molecule has 86 valence electrons. The predicted molar refractivity (Wildman–Crippen MR) is 65.8 cm³/mol. The first-order valence-corrected chi connectivity index (χ1v) is 5.89. The summed E-state index contributed by atoms with van der Waals surface area (Å²) in [6, 6.07) is 7.16. The fourth-order valence-corrected chi connectivity index (χ4v) is 2.00. The second kappa shape index (κ2) is 5.32. The Hall–Kier alpha value is -1.06. The van der Waals surface area contributed by atoms with Crippen molar-refractivity contribution in [2.24, 2.45) is 0 Å². The Morgan fingerprint density at radius 3 is 2.50 bits per heavy atom. The molecular formula is C12H15ClN2O. The first kappa shape index (κ1) is 11.4. The van der Waals surface area contributed by atoms with E-state index in [9.17, 15) is 4.79 Å². The van der Waals surface area contributed by atoms with E-state index in [1.807, 2.05) is 12.1 Å². The molecule has 0 atom stereocenters. The summed E-state index contributed by atoms with van der Waals surface area (Å²) < 4.78 is 0. The lowest BCUT2D eigenvalue weighted by Crippen LogP contribution is -2.30. The van der Waals surface area contributed by atoms with Crippen molar-refractivity contribution in [3.63, 3.8) is 0 Å². The maximum Gasteiger partial charge on any atom is 0.238 e. The maximum atomic E-state index is 11.7. The number of nitrogens with zero attached hydrogens (tertiary/aromatic N) is 1. The third-order valence-electron chi connectivity index (χ3n) is 2.69. The lowest BCUT2D eigenvalue weighted by molar-refractivity contribution is -0.117. The number of anilines is 1. The third-order valence-corrected chi connectivity index (χ3v) is 2.95. The average molecular weight is 239 g/mol. The topological polar surface area (TPSA) is 32.3 Å². The summed E-state index contributed by atoms with van der Waals surface area (Å²) in [6.07, 6.45) is 2.41. The first-order chi connectivity index (χ1) is 7.74. The van der Waals surface area contributed by atoms with Crippen LogP contribution in [0.25, 0.3) is 0 Å². The van der Waals surface area contributed by atoms with Gasteiger partial charge in [0.2, 0.25) is 5.91 Å². The van der Waals surface area contributed by atoms with Crippen molar-refractivity contribution < 1.29 is 4.79 Å². The Labute approximate surface area is 100 Å².